The molecule has 146 valence electrons. The molecule has 4 aliphatic rings. The van der Waals surface area contributed by atoms with Crippen LogP contribution in [0.15, 0.2) is 4.99 Å². The van der Waals surface area contributed by atoms with E-state index in [1.807, 2.05) is 0 Å². The van der Waals surface area contributed by atoms with Crippen LogP contribution < -0.4 is 0 Å². The van der Waals surface area contributed by atoms with Gasteiger partial charge in [0.15, 0.2) is 0 Å². The molecule has 4 rings (SSSR count). The van der Waals surface area contributed by atoms with Crippen LogP contribution in [0.25, 0.3) is 0 Å². The standard InChI is InChI=1S/C24H39NO/c1-17(12-15-25-16-26)20-9-10-21-19-8-7-18-6-4-5-13-23(18,2)22(19)11-14-24(20,21)3/h17-22H,4-15H2,1-3H3. The lowest BCUT2D eigenvalue weighted by atomic mass is 9.44. The topological polar surface area (TPSA) is 29.4 Å². The monoisotopic (exact) mass is 357 g/mol. The van der Waals surface area contributed by atoms with Crippen molar-refractivity contribution >= 4 is 6.08 Å². The molecule has 2 heteroatoms. The number of carbonyl (C=O) groups excluding carboxylic acids is 1. The minimum atomic E-state index is 0.545. The zero-order valence-electron chi connectivity index (χ0n) is 17.3. The lowest BCUT2D eigenvalue weighted by Crippen LogP contribution is -2.53. The Morgan fingerprint density at radius 3 is 2.58 bits per heavy atom. The van der Waals surface area contributed by atoms with E-state index in [1.54, 1.807) is 6.08 Å². The first-order valence-corrected chi connectivity index (χ1v) is 11.5. The van der Waals surface area contributed by atoms with Crippen molar-refractivity contribution in [1.29, 1.82) is 0 Å². The summed E-state index contributed by atoms with van der Waals surface area (Å²) in [6.07, 6.45) is 17.6. The largest absolute Gasteiger partial charge is 0.234 e. The maximum absolute atomic E-state index is 10.4. The fraction of sp³-hybridized carbons (Fsp3) is 0.958. The zero-order chi connectivity index (χ0) is 18.4. The van der Waals surface area contributed by atoms with Crippen LogP contribution in [-0.2, 0) is 4.79 Å². The summed E-state index contributed by atoms with van der Waals surface area (Å²) >= 11 is 0. The summed E-state index contributed by atoms with van der Waals surface area (Å²) < 4.78 is 0. The van der Waals surface area contributed by atoms with Gasteiger partial charge in [0.05, 0.1) is 6.54 Å². The summed E-state index contributed by atoms with van der Waals surface area (Å²) in [5.41, 5.74) is 1.20. The summed E-state index contributed by atoms with van der Waals surface area (Å²) in [6.45, 7) is 8.42. The Morgan fingerprint density at radius 2 is 1.77 bits per heavy atom. The van der Waals surface area contributed by atoms with Gasteiger partial charge in [0.1, 0.15) is 0 Å². The van der Waals surface area contributed by atoms with Crippen LogP contribution >= 0.6 is 0 Å². The fourth-order valence-corrected chi connectivity index (χ4v) is 8.79. The van der Waals surface area contributed by atoms with Crippen molar-refractivity contribution in [1.82, 2.24) is 0 Å². The second-order valence-electron chi connectivity index (χ2n) is 10.9. The third kappa shape index (κ3) is 2.83. The predicted molar refractivity (Wildman–Crippen MR) is 107 cm³/mol. The molecule has 0 spiro atoms. The first-order valence-electron chi connectivity index (χ1n) is 11.5. The number of aliphatic imine (C=N–C) groups is 1. The molecule has 0 N–H and O–H groups in total. The molecular formula is C24H39NO. The molecule has 2 nitrogen and oxygen atoms in total. The zero-order valence-corrected chi connectivity index (χ0v) is 17.3. The molecule has 0 radical (unpaired) electrons. The number of fused-ring (bicyclic) bond motifs is 5. The fourth-order valence-electron chi connectivity index (χ4n) is 8.79. The van der Waals surface area contributed by atoms with E-state index in [2.05, 4.69) is 25.8 Å². The third-order valence-electron chi connectivity index (χ3n) is 10.1. The van der Waals surface area contributed by atoms with Gasteiger partial charge in [-0.15, -0.1) is 0 Å². The van der Waals surface area contributed by atoms with Crippen molar-refractivity contribution in [2.45, 2.75) is 91.4 Å². The number of hydrogen-bond acceptors (Lipinski definition) is 2. The van der Waals surface area contributed by atoms with Gasteiger partial charge in [-0.3, -0.25) is 0 Å². The molecule has 0 aromatic rings. The molecule has 8 atom stereocenters. The minimum absolute atomic E-state index is 0.545. The number of isocyanates is 1. The molecule has 4 aliphatic carbocycles. The summed E-state index contributed by atoms with van der Waals surface area (Å²) in [6, 6.07) is 0. The number of hydrogen-bond donors (Lipinski definition) is 0. The van der Waals surface area contributed by atoms with Crippen molar-refractivity contribution in [3.8, 4) is 0 Å². The Bertz CT molecular complexity index is 567. The summed E-state index contributed by atoms with van der Waals surface area (Å²) in [5.74, 6) is 5.53. The van der Waals surface area contributed by atoms with Crippen LogP contribution in [0.1, 0.15) is 91.4 Å². The quantitative estimate of drug-likeness (QED) is 0.423. The van der Waals surface area contributed by atoms with E-state index in [1.165, 1.54) is 64.2 Å². The van der Waals surface area contributed by atoms with Crippen LogP contribution in [0.2, 0.25) is 0 Å². The highest BCUT2D eigenvalue weighted by atomic mass is 16.1. The maximum atomic E-state index is 10.4. The van der Waals surface area contributed by atoms with E-state index >= 15 is 0 Å². The van der Waals surface area contributed by atoms with Crippen molar-refractivity contribution in [2.24, 2.45) is 51.3 Å². The normalized spacial score (nSPS) is 48.7. The third-order valence-corrected chi connectivity index (χ3v) is 10.1. The SMILES string of the molecule is CC(CCN=C=O)C1CCC2C3CCC4CCCCC4(C)C3CCC12C. The number of rotatable bonds is 4. The van der Waals surface area contributed by atoms with Gasteiger partial charge in [-0.05, 0) is 104 Å². The van der Waals surface area contributed by atoms with Gasteiger partial charge in [-0.25, -0.2) is 9.79 Å². The average molecular weight is 358 g/mol. The molecule has 0 bridgehead atoms. The molecule has 0 amide bonds. The Hall–Kier alpha value is -0.620. The molecule has 4 fully saturated rings. The summed E-state index contributed by atoms with van der Waals surface area (Å²) in [5, 5.41) is 0. The van der Waals surface area contributed by atoms with Crippen LogP contribution in [-0.4, -0.2) is 12.6 Å². The molecule has 0 aromatic carbocycles. The molecule has 0 saturated heterocycles. The van der Waals surface area contributed by atoms with E-state index in [9.17, 15) is 4.79 Å². The highest BCUT2D eigenvalue weighted by molar-refractivity contribution is 5.32. The highest BCUT2D eigenvalue weighted by Crippen LogP contribution is 2.68. The smallest absolute Gasteiger partial charge is 0.211 e. The Balaban J connectivity index is 1.51. The van der Waals surface area contributed by atoms with Crippen molar-refractivity contribution < 1.29 is 4.79 Å². The van der Waals surface area contributed by atoms with E-state index in [-0.39, 0.29) is 0 Å². The first-order chi connectivity index (χ1) is 12.5. The molecule has 0 heterocycles. The first kappa shape index (κ1) is 18.7. The van der Waals surface area contributed by atoms with Gasteiger partial charge in [-0.2, -0.15) is 0 Å². The second kappa shape index (κ2) is 7.08. The Morgan fingerprint density at radius 1 is 0.962 bits per heavy atom. The average Bonchev–Trinajstić information content (AvgIpc) is 2.98. The van der Waals surface area contributed by atoms with Gasteiger partial charge in [0.2, 0.25) is 6.08 Å². The van der Waals surface area contributed by atoms with Crippen molar-refractivity contribution in [3.05, 3.63) is 0 Å². The minimum Gasteiger partial charge on any atom is -0.211 e. The highest BCUT2D eigenvalue weighted by Gasteiger charge is 2.59. The molecule has 26 heavy (non-hydrogen) atoms. The Kier molecular flexibility index (Phi) is 5.10. The summed E-state index contributed by atoms with van der Waals surface area (Å²) in [7, 11) is 0. The number of nitrogens with zero attached hydrogens (tertiary/aromatic N) is 1. The molecule has 8 unspecified atom stereocenters. The maximum Gasteiger partial charge on any atom is 0.234 e. The van der Waals surface area contributed by atoms with Crippen LogP contribution in [0.5, 0.6) is 0 Å². The van der Waals surface area contributed by atoms with Gasteiger partial charge in [0.25, 0.3) is 0 Å². The lowest BCUT2D eigenvalue weighted by Gasteiger charge is -2.61. The summed E-state index contributed by atoms with van der Waals surface area (Å²) in [4.78, 5) is 14.2. The van der Waals surface area contributed by atoms with Crippen LogP contribution in [0, 0.1) is 46.3 Å². The van der Waals surface area contributed by atoms with Gasteiger partial charge in [-0.1, -0.05) is 33.6 Å². The van der Waals surface area contributed by atoms with Crippen molar-refractivity contribution in [2.75, 3.05) is 6.54 Å². The van der Waals surface area contributed by atoms with Gasteiger partial charge >= 0.3 is 0 Å². The van der Waals surface area contributed by atoms with E-state index in [0.29, 0.717) is 23.3 Å². The lowest BCUT2D eigenvalue weighted by molar-refractivity contribution is -0.114. The van der Waals surface area contributed by atoms with E-state index in [4.69, 9.17) is 0 Å². The molecule has 0 aromatic heterocycles. The molecular weight excluding hydrogens is 318 g/mol. The van der Waals surface area contributed by atoms with Crippen LogP contribution in [0.3, 0.4) is 0 Å². The second-order valence-corrected chi connectivity index (χ2v) is 10.9. The predicted octanol–water partition coefficient (Wildman–Crippen LogP) is 6.40. The molecule has 0 aliphatic heterocycles. The van der Waals surface area contributed by atoms with Gasteiger partial charge < -0.3 is 0 Å². The van der Waals surface area contributed by atoms with Crippen molar-refractivity contribution in [3.63, 3.8) is 0 Å². The Labute approximate surface area is 160 Å². The van der Waals surface area contributed by atoms with E-state index in [0.717, 1.165) is 36.0 Å². The molecule has 4 saturated carbocycles. The van der Waals surface area contributed by atoms with Gasteiger partial charge in [0, 0.05) is 0 Å². The van der Waals surface area contributed by atoms with E-state index < -0.39 is 0 Å². The van der Waals surface area contributed by atoms with Crippen LogP contribution in [0.4, 0.5) is 0 Å².